The molecule has 20 heavy (non-hydrogen) atoms. The summed E-state index contributed by atoms with van der Waals surface area (Å²) in [6.45, 7) is 1.90. The van der Waals surface area contributed by atoms with Gasteiger partial charge in [-0.1, -0.05) is 23.2 Å². The maximum absolute atomic E-state index is 13.3. The molecule has 0 spiro atoms. The van der Waals surface area contributed by atoms with Gasteiger partial charge >= 0.3 is 0 Å². The molecule has 0 aliphatic heterocycles. The van der Waals surface area contributed by atoms with Gasteiger partial charge in [0.2, 0.25) is 0 Å². The Bertz CT molecular complexity index is 818. The fraction of sp³-hybridized carbons (Fsp3) is 0.0667. The molecular weight excluding hydrogens is 298 g/mol. The van der Waals surface area contributed by atoms with E-state index in [1.54, 1.807) is 12.1 Å². The Kier molecular flexibility index (Phi) is 3.32. The molecule has 0 amide bonds. The lowest BCUT2D eigenvalue weighted by atomic mass is 10.1. The van der Waals surface area contributed by atoms with Crippen molar-refractivity contribution in [2.45, 2.75) is 6.92 Å². The zero-order valence-corrected chi connectivity index (χ0v) is 12.0. The first-order valence-electron chi connectivity index (χ1n) is 5.94. The molecule has 0 aliphatic carbocycles. The van der Waals surface area contributed by atoms with Gasteiger partial charge in [0.05, 0.1) is 5.52 Å². The van der Waals surface area contributed by atoms with E-state index in [2.05, 4.69) is 9.97 Å². The smallest absolute Gasteiger partial charge is 0.161 e. The average molecular weight is 307 g/mol. The Hall–Kier alpha value is -1.71. The highest BCUT2D eigenvalue weighted by Crippen LogP contribution is 2.27. The molecule has 0 saturated heterocycles. The number of hydrogen-bond donors (Lipinski definition) is 0. The van der Waals surface area contributed by atoms with E-state index in [9.17, 15) is 4.39 Å². The molecule has 2 nitrogen and oxygen atoms in total. The van der Waals surface area contributed by atoms with Crippen molar-refractivity contribution in [2.24, 2.45) is 0 Å². The van der Waals surface area contributed by atoms with Gasteiger partial charge in [-0.05, 0) is 42.8 Å². The molecule has 5 heteroatoms. The third kappa shape index (κ3) is 2.35. The summed E-state index contributed by atoms with van der Waals surface area (Å²) in [7, 11) is 0. The van der Waals surface area contributed by atoms with Crippen molar-refractivity contribution in [2.75, 3.05) is 0 Å². The highest BCUT2D eigenvalue weighted by molar-refractivity contribution is 6.34. The first-order valence-corrected chi connectivity index (χ1v) is 6.69. The van der Waals surface area contributed by atoms with Gasteiger partial charge in [0.1, 0.15) is 11.0 Å². The van der Waals surface area contributed by atoms with Gasteiger partial charge in [0, 0.05) is 22.0 Å². The molecule has 0 bridgehead atoms. The molecule has 0 unspecified atom stereocenters. The average Bonchev–Trinajstić information content (AvgIpc) is 2.41. The Labute approximate surface area is 125 Å². The topological polar surface area (TPSA) is 25.8 Å². The number of halogens is 3. The lowest BCUT2D eigenvalue weighted by Crippen LogP contribution is -1.93. The van der Waals surface area contributed by atoms with Crippen molar-refractivity contribution in [3.05, 3.63) is 58.0 Å². The number of nitrogens with zero attached hydrogens (tertiary/aromatic N) is 2. The summed E-state index contributed by atoms with van der Waals surface area (Å²) in [5.74, 6) is 0.0957. The predicted octanol–water partition coefficient (Wildman–Crippen LogP) is 5.05. The zero-order valence-electron chi connectivity index (χ0n) is 10.5. The largest absolute Gasteiger partial charge is 0.228 e. The van der Waals surface area contributed by atoms with E-state index in [0.717, 1.165) is 11.1 Å². The SMILES string of the molecule is Cc1cc(-c2nc(Cl)c3ccc(F)cc3n2)ccc1Cl. The molecule has 1 heterocycles. The van der Waals surface area contributed by atoms with Gasteiger partial charge in [-0.15, -0.1) is 0 Å². The molecule has 0 fully saturated rings. The highest BCUT2D eigenvalue weighted by Gasteiger charge is 2.09. The van der Waals surface area contributed by atoms with Crippen molar-refractivity contribution in [1.82, 2.24) is 9.97 Å². The van der Waals surface area contributed by atoms with E-state index < -0.39 is 0 Å². The van der Waals surface area contributed by atoms with E-state index in [1.165, 1.54) is 12.1 Å². The standard InChI is InChI=1S/C15H9Cl2FN2/c1-8-6-9(2-5-12(8)16)15-19-13-7-10(18)3-4-11(13)14(17)20-15/h2-7H,1H3. The van der Waals surface area contributed by atoms with Gasteiger partial charge in [-0.2, -0.15) is 0 Å². The summed E-state index contributed by atoms with van der Waals surface area (Å²) in [5.41, 5.74) is 2.19. The summed E-state index contributed by atoms with van der Waals surface area (Å²) in [6, 6.07) is 9.72. The molecule has 0 radical (unpaired) electrons. The lowest BCUT2D eigenvalue weighted by molar-refractivity contribution is 0.629. The Morgan fingerprint density at radius 3 is 2.55 bits per heavy atom. The molecule has 3 rings (SSSR count). The summed E-state index contributed by atoms with van der Waals surface area (Å²) in [5, 5.41) is 1.60. The van der Waals surface area contributed by atoms with Crippen LogP contribution in [-0.4, -0.2) is 9.97 Å². The second kappa shape index (κ2) is 5.00. The van der Waals surface area contributed by atoms with Crippen LogP contribution in [0.15, 0.2) is 36.4 Å². The van der Waals surface area contributed by atoms with Crippen LogP contribution < -0.4 is 0 Å². The maximum Gasteiger partial charge on any atom is 0.161 e. The quantitative estimate of drug-likeness (QED) is 0.588. The summed E-state index contributed by atoms with van der Waals surface area (Å²) in [6.07, 6.45) is 0. The van der Waals surface area contributed by atoms with Crippen LogP contribution in [0.5, 0.6) is 0 Å². The minimum atomic E-state index is -0.356. The first kappa shape index (κ1) is 13.3. The third-order valence-electron chi connectivity index (χ3n) is 3.03. The summed E-state index contributed by atoms with van der Waals surface area (Å²) in [4.78, 5) is 8.62. The molecule has 2 aromatic carbocycles. The predicted molar refractivity (Wildman–Crippen MR) is 79.7 cm³/mol. The van der Waals surface area contributed by atoms with Gasteiger partial charge in [-0.25, -0.2) is 14.4 Å². The van der Waals surface area contributed by atoms with E-state index in [4.69, 9.17) is 23.2 Å². The summed E-state index contributed by atoms with van der Waals surface area (Å²) < 4.78 is 13.3. The number of aryl methyl sites for hydroxylation is 1. The first-order chi connectivity index (χ1) is 9.54. The normalized spacial score (nSPS) is 11.0. The van der Waals surface area contributed by atoms with Crippen LogP contribution in [0.3, 0.4) is 0 Å². The third-order valence-corrected chi connectivity index (χ3v) is 3.74. The van der Waals surface area contributed by atoms with Crippen LogP contribution >= 0.6 is 23.2 Å². The number of fused-ring (bicyclic) bond motifs is 1. The van der Waals surface area contributed by atoms with E-state index in [-0.39, 0.29) is 5.82 Å². The highest BCUT2D eigenvalue weighted by atomic mass is 35.5. The second-order valence-electron chi connectivity index (χ2n) is 4.46. The molecule has 100 valence electrons. The molecule has 0 atom stereocenters. The Morgan fingerprint density at radius 1 is 1.00 bits per heavy atom. The van der Waals surface area contributed by atoms with Gasteiger partial charge in [0.15, 0.2) is 5.82 Å². The molecule has 0 saturated carbocycles. The van der Waals surface area contributed by atoms with Crippen molar-refractivity contribution in [3.8, 4) is 11.4 Å². The number of rotatable bonds is 1. The monoisotopic (exact) mass is 306 g/mol. The van der Waals surface area contributed by atoms with Crippen molar-refractivity contribution in [1.29, 1.82) is 0 Å². The van der Waals surface area contributed by atoms with E-state index in [0.29, 0.717) is 26.9 Å². The van der Waals surface area contributed by atoms with E-state index in [1.807, 2.05) is 19.1 Å². The van der Waals surface area contributed by atoms with Crippen molar-refractivity contribution >= 4 is 34.1 Å². The van der Waals surface area contributed by atoms with Crippen LogP contribution in [0.4, 0.5) is 4.39 Å². The van der Waals surface area contributed by atoms with Gasteiger partial charge in [0.25, 0.3) is 0 Å². The van der Waals surface area contributed by atoms with E-state index >= 15 is 0 Å². The minimum absolute atomic E-state index is 0.303. The van der Waals surface area contributed by atoms with Crippen LogP contribution in [0.25, 0.3) is 22.3 Å². The Balaban J connectivity index is 2.23. The minimum Gasteiger partial charge on any atom is -0.228 e. The van der Waals surface area contributed by atoms with Crippen LogP contribution in [0.2, 0.25) is 10.2 Å². The van der Waals surface area contributed by atoms with Gasteiger partial charge in [-0.3, -0.25) is 0 Å². The zero-order chi connectivity index (χ0) is 14.3. The van der Waals surface area contributed by atoms with Crippen LogP contribution in [0, 0.1) is 12.7 Å². The Morgan fingerprint density at radius 2 is 1.80 bits per heavy atom. The molecule has 1 aromatic heterocycles. The fourth-order valence-electron chi connectivity index (χ4n) is 1.98. The molecule has 3 aromatic rings. The van der Waals surface area contributed by atoms with Crippen molar-refractivity contribution in [3.63, 3.8) is 0 Å². The molecule has 0 aliphatic rings. The summed E-state index contributed by atoms with van der Waals surface area (Å²) >= 11 is 12.1. The van der Waals surface area contributed by atoms with Crippen LogP contribution in [0.1, 0.15) is 5.56 Å². The van der Waals surface area contributed by atoms with Crippen molar-refractivity contribution < 1.29 is 4.39 Å². The maximum atomic E-state index is 13.3. The molecule has 0 N–H and O–H groups in total. The molecular formula is C15H9Cl2FN2. The lowest BCUT2D eigenvalue weighted by Gasteiger charge is -2.06. The fourth-order valence-corrected chi connectivity index (χ4v) is 2.33. The second-order valence-corrected chi connectivity index (χ2v) is 5.23. The number of aromatic nitrogens is 2. The number of benzene rings is 2. The number of hydrogen-bond acceptors (Lipinski definition) is 2. The van der Waals surface area contributed by atoms with Crippen LogP contribution in [-0.2, 0) is 0 Å². The van der Waals surface area contributed by atoms with Gasteiger partial charge < -0.3 is 0 Å².